The fourth-order valence-electron chi connectivity index (χ4n) is 1.31. The molecule has 0 amide bonds. The van der Waals surface area contributed by atoms with Crippen LogP contribution in [0.25, 0.3) is 0 Å². The van der Waals surface area contributed by atoms with E-state index in [1.807, 2.05) is 13.0 Å². The van der Waals surface area contributed by atoms with E-state index in [0.29, 0.717) is 12.3 Å². The van der Waals surface area contributed by atoms with Crippen LogP contribution in [0.4, 0.5) is 5.69 Å². The number of rotatable bonds is 4. The van der Waals surface area contributed by atoms with Crippen LogP contribution in [0.3, 0.4) is 0 Å². The Kier molecular flexibility index (Phi) is 3.04. The molecule has 17 heavy (non-hydrogen) atoms. The summed E-state index contributed by atoms with van der Waals surface area (Å²) in [5.74, 6) is -0.327. The maximum Gasteiger partial charge on any atom is 0.354 e. The number of hydrogen-bond acceptors (Lipinski definition) is 5. The van der Waals surface area contributed by atoms with Crippen LogP contribution in [0.1, 0.15) is 21.9 Å². The lowest BCUT2D eigenvalue weighted by Crippen LogP contribution is -2.02. The van der Waals surface area contributed by atoms with Gasteiger partial charge in [-0.1, -0.05) is 5.16 Å². The van der Waals surface area contributed by atoms with E-state index >= 15 is 0 Å². The third kappa shape index (κ3) is 2.81. The van der Waals surface area contributed by atoms with Gasteiger partial charge in [-0.3, -0.25) is 0 Å². The summed E-state index contributed by atoms with van der Waals surface area (Å²) in [5, 5.41) is 15.5. The van der Waals surface area contributed by atoms with Crippen molar-refractivity contribution < 1.29 is 14.4 Å². The molecular formula is C11H11N3O3. The maximum atomic E-state index is 10.6. The number of carboxylic acids is 1. The molecule has 0 atom stereocenters. The lowest BCUT2D eigenvalue weighted by Gasteiger charge is -2.03. The highest BCUT2D eigenvalue weighted by molar-refractivity contribution is 5.85. The van der Waals surface area contributed by atoms with Gasteiger partial charge in [-0.25, -0.2) is 9.78 Å². The number of aryl methyl sites for hydroxylation is 1. The Morgan fingerprint density at radius 1 is 1.53 bits per heavy atom. The first kappa shape index (κ1) is 11.1. The molecule has 0 spiro atoms. The average molecular weight is 233 g/mol. The first-order valence-electron chi connectivity index (χ1n) is 5.00. The van der Waals surface area contributed by atoms with Crippen molar-refractivity contribution in [2.24, 2.45) is 0 Å². The van der Waals surface area contributed by atoms with Gasteiger partial charge in [0.2, 0.25) is 0 Å². The molecule has 2 aromatic rings. The number of aromatic carboxylic acids is 1. The van der Waals surface area contributed by atoms with E-state index in [1.54, 1.807) is 6.07 Å². The first-order chi connectivity index (χ1) is 8.15. The van der Waals surface area contributed by atoms with E-state index in [2.05, 4.69) is 15.5 Å². The van der Waals surface area contributed by atoms with Crippen molar-refractivity contribution in [2.45, 2.75) is 13.5 Å². The average Bonchev–Trinajstić information content (AvgIpc) is 2.73. The van der Waals surface area contributed by atoms with Crippen molar-refractivity contribution in [3.8, 4) is 0 Å². The Morgan fingerprint density at radius 3 is 2.88 bits per heavy atom. The maximum absolute atomic E-state index is 10.6. The minimum absolute atomic E-state index is 0.0195. The number of nitrogens with one attached hydrogen (secondary N) is 1. The summed E-state index contributed by atoms with van der Waals surface area (Å²) in [5.41, 5.74) is 1.57. The normalized spacial score (nSPS) is 10.2. The number of hydrogen-bond donors (Lipinski definition) is 2. The third-order valence-corrected chi connectivity index (χ3v) is 2.13. The van der Waals surface area contributed by atoms with Crippen LogP contribution in [0, 0.1) is 6.92 Å². The van der Waals surface area contributed by atoms with Crippen molar-refractivity contribution in [1.82, 2.24) is 10.1 Å². The fourth-order valence-corrected chi connectivity index (χ4v) is 1.31. The van der Waals surface area contributed by atoms with Crippen molar-refractivity contribution in [3.05, 3.63) is 41.5 Å². The molecule has 0 aromatic carbocycles. The molecule has 0 saturated heterocycles. The molecule has 6 nitrogen and oxygen atoms in total. The second-order valence-electron chi connectivity index (χ2n) is 3.53. The molecule has 0 unspecified atom stereocenters. The monoisotopic (exact) mass is 233 g/mol. The van der Waals surface area contributed by atoms with Gasteiger partial charge in [0.1, 0.15) is 5.69 Å². The smallest absolute Gasteiger partial charge is 0.354 e. The van der Waals surface area contributed by atoms with Crippen LogP contribution in [0.2, 0.25) is 0 Å². The largest absolute Gasteiger partial charge is 0.477 e. The van der Waals surface area contributed by atoms with E-state index in [0.717, 1.165) is 11.4 Å². The quantitative estimate of drug-likeness (QED) is 0.835. The predicted molar refractivity (Wildman–Crippen MR) is 59.8 cm³/mol. The summed E-state index contributed by atoms with van der Waals surface area (Å²) >= 11 is 0. The van der Waals surface area contributed by atoms with Gasteiger partial charge in [0.15, 0.2) is 5.76 Å². The lowest BCUT2D eigenvalue weighted by molar-refractivity contribution is 0.0690. The van der Waals surface area contributed by atoms with Crippen molar-refractivity contribution in [1.29, 1.82) is 0 Å². The number of carbonyl (C=O) groups is 1. The second kappa shape index (κ2) is 4.65. The van der Waals surface area contributed by atoms with E-state index in [9.17, 15) is 4.79 Å². The van der Waals surface area contributed by atoms with Crippen molar-refractivity contribution >= 4 is 11.7 Å². The molecule has 0 aliphatic rings. The molecule has 0 aliphatic heterocycles. The number of nitrogens with zero attached hydrogens (tertiary/aromatic N) is 2. The Hall–Kier alpha value is -2.37. The van der Waals surface area contributed by atoms with E-state index in [4.69, 9.17) is 9.63 Å². The Balaban J connectivity index is 1.97. The Bertz CT molecular complexity index is 519. The predicted octanol–water partition coefficient (Wildman–Crippen LogP) is 1.69. The molecular weight excluding hydrogens is 222 g/mol. The fraction of sp³-hybridized carbons (Fsp3) is 0.182. The third-order valence-electron chi connectivity index (χ3n) is 2.13. The van der Waals surface area contributed by atoms with Crippen LogP contribution in [0.15, 0.2) is 28.9 Å². The molecule has 88 valence electrons. The van der Waals surface area contributed by atoms with Crippen LogP contribution in [-0.2, 0) is 6.54 Å². The molecule has 0 fully saturated rings. The van der Waals surface area contributed by atoms with Crippen LogP contribution in [-0.4, -0.2) is 21.2 Å². The molecule has 0 aliphatic carbocycles. The highest BCUT2D eigenvalue weighted by Crippen LogP contribution is 2.09. The minimum Gasteiger partial charge on any atom is -0.477 e. The molecule has 2 heterocycles. The molecule has 6 heteroatoms. The number of anilines is 1. The Morgan fingerprint density at radius 2 is 2.35 bits per heavy atom. The SMILES string of the molecule is Cc1cc(CNc2ccc(C(=O)O)nc2)on1. The van der Waals surface area contributed by atoms with E-state index in [-0.39, 0.29) is 5.69 Å². The molecule has 0 bridgehead atoms. The number of pyridine rings is 1. The zero-order valence-electron chi connectivity index (χ0n) is 9.17. The standard InChI is InChI=1S/C11H11N3O3/c1-7-4-9(17-14-7)6-12-8-2-3-10(11(15)16)13-5-8/h2-5,12H,6H2,1H3,(H,15,16). The molecule has 0 radical (unpaired) electrons. The zero-order chi connectivity index (χ0) is 12.3. The van der Waals surface area contributed by atoms with Gasteiger partial charge >= 0.3 is 5.97 Å². The molecule has 2 aromatic heterocycles. The zero-order valence-corrected chi connectivity index (χ0v) is 9.17. The lowest BCUT2D eigenvalue weighted by atomic mass is 10.3. The molecule has 2 N–H and O–H groups in total. The summed E-state index contributed by atoms with van der Waals surface area (Å²) in [6.07, 6.45) is 1.46. The van der Waals surface area contributed by atoms with Crippen LogP contribution < -0.4 is 5.32 Å². The number of aromatic nitrogens is 2. The van der Waals surface area contributed by atoms with Gasteiger partial charge in [0.25, 0.3) is 0 Å². The first-order valence-corrected chi connectivity index (χ1v) is 5.00. The summed E-state index contributed by atoms with van der Waals surface area (Å²) in [6.45, 7) is 2.32. The van der Waals surface area contributed by atoms with Gasteiger partial charge < -0.3 is 14.9 Å². The summed E-state index contributed by atoms with van der Waals surface area (Å²) in [7, 11) is 0. The number of carboxylic acid groups (broad SMARTS) is 1. The topological polar surface area (TPSA) is 88.2 Å². The highest BCUT2D eigenvalue weighted by atomic mass is 16.5. The Labute approximate surface area is 97.3 Å². The summed E-state index contributed by atoms with van der Waals surface area (Å²) in [4.78, 5) is 14.4. The van der Waals surface area contributed by atoms with Gasteiger partial charge in [-0.05, 0) is 19.1 Å². The van der Waals surface area contributed by atoms with Crippen LogP contribution >= 0.6 is 0 Å². The van der Waals surface area contributed by atoms with Gasteiger partial charge in [0.05, 0.1) is 24.1 Å². The summed E-state index contributed by atoms with van der Waals surface area (Å²) < 4.78 is 5.02. The highest BCUT2D eigenvalue weighted by Gasteiger charge is 2.04. The van der Waals surface area contributed by atoms with Gasteiger partial charge in [-0.2, -0.15) is 0 Å². The van der Waals surface area contributed by atoms with Gasteiger partial charge in [-0.15, -0.1) is 0 Å². The van der Waals surface area contributed by atoms with Crippen molar-refractivity contribution in [3.63, 3.8) is 0 Å². The molecule has 0 saturated carbocycles. The minimum atomic E-state index is -1.04. The second-order valence-corrected chi connectivity index (χ2v) is 3.53. The molecule has 2 rings (SSSR count). The summed E-state index contributed by atoms with van der Waals surface area (Å²) in [6, 6.07) is 4.92. The van der Waals surface area contributed by atoms with E-state index < -0.39 is 5.97 Å². The van der Waals surface area contributed by atoms with Crippen LogP contribution in [0.5, 0.6) is 0 Å². The van der Waals surface area contributed by atoms with Crippen molar-refractivity contribution in [2.75, 3.05) is 5.32 Å². The van der Waals surface area contributed by atoms with E-state index in [1.165, 1.54) is 12.3 Å². The van der Waals surface area contributed by atoms with Gasteiger partial charge in [0, 0.05) is 6.07 Å².